The number of nitro groups is 1. The Morgan fingerprint density at radius 3 is 2.77 bits per heavy atom. The summed E-state index contributed by atoms with van der Waals surface area (Å²) >= 11 is 0. The second kappa shape index (κ2) is 7.03. The molecule has 0 aliphatic heterocycles. The maximum absolute atomic E-state index is 11.3. The third kappa shape index (κ3) is 3.25. The Kier molecular flexibility index (Phi) is 5.10. The number of nitrogens with one attached hydrogen (secondary N) is 1. The Morgan fingerprint density at radius 1 is 1.41 bits per heavy atom. The number of hydrogen-bond donors (Lipinski definition) is 1. The zero-order valence-electron chi connectivity index (χ0n) is 12.6. The second-order valence-electron chi connectivity index (χ2n) is 4.82. The molecule has 2 aromatic rings. The van der Waals surface area contributed by atoms with Gasteiger partial charge < -0.3 is 15.4 Å². The molecule has 0 atom stereocenters. The van der Waals surface area contributed by atoms with E-state index >= 15 is 0 Å². The van der Waals surface area contributed by atoms with Crippen LogP contribution in [0.2, 0.25) is 0 Å². The van der Waals surface area contributed by atoms with Gasteiger partial charge in [0.2, 0.25) is 5.52 Å². The second-order valence-corrected chi connectivity index (χ2v) is 4.82. The van der Waals surface area contributed by atoms with Gasteiger partial charge in [-0.2, -0.15) is 0 Å². The molecule has 0 radical (unpaired) electrons. The lowest BCUT2D eigenvalue weighted by Gasteiger charge is -2.17. The van der Waals surface area contributed by atoms with Gasteiger partial charge in [-0.15, -0.1) is 0 Å². The van der Waals surface area contributed by atoms with Gasteiger partial charge in [-0.25, -0.2) is 0 Å². The summed E-state index contributed by atoms with van der Waals surface area (Å²) in [4.78, 5) is 13.1. The number of fused-ring (bicyclic) bond motifs is 1. The lowest BCUT2D eigenvalue weighted by Crippen LogP contribution is -2.25. The molecule has 0 fully saturated rings. The summed E-state index contributed by atoms with van der Waals surface area (Å²) in [6.45, 7) is 7.66. The SMILES string of the molecule is CCN(CC)CCCNc1ccc2c(no[n+]2[O-])c1[N+](=O)[O-]. The summed E-state index contributed by atoms with van der Waals surface area (Å²) in [6, 6.07) is 2.96. The van der Waals surface area contributed by atoms with Crippen LogP contribution < -0.4 is 10.2 Å². The predicted octanol–water partition coefficient (Wildman–Crippen LogP) is 1.51. The number of nitro benzene ring substituents is 1. The van der Waals surface area contributed by atoms with Crippen LogP contribution in [-0.2, 0) is 0 Å². The first-order chi connectivity index (χ1) is 10.6. The first kappa shape index (κ1) is 16.0. The first-order valence-electron chi connectivity index (χ1n) is 7.21. The number of nitrogens with zero attached hydrogens (tertiary/aromatic N) is 4. The van der Waals surface area contributed by atoms with Gasteiger partial charge in [-0.05, 0) is 43.1 Å². The van der Waals surface area contributed by atoms with Gasteiger partial charge in [-0.1, -0.05) is 13.8 Å². The van der Waals surface area contributed by atoms with E-state index in [0.29, 0.717) is 12.2 Å². The van der Waals surface area contributed by atoms with E-state index in [1.165, 1.54) is 12.1 Å². The summed E-state index contributed by atoms with van der Waals surface area (Å²) in [5.74, 6) is 0. The fraction of sp³-hybridized carbons (Fsp3) is 0.538. The fourth-order valence-electron chi connectivity index (χ4n) is 2.32. The maximum atomic E-state index is 11.3. The molecule has 1 aromatic carbocycles. The Morgan fingerprint density at radius 2 is 2.14 bits per heavy atom. The van der Waals surface area contributed by atoms with Crippen molar-refractivity contribution >= 4 is 22.4 Å². The highest BCUT2D eigenvalue weighted by molar-refractivity contribution is 5.89. The van der Waals surface area contributed by atoms with Crippen LogP contribution in [0.5, 0.6) is 0 Å². The van der Waals surface area contributed by atoms with Crippen LogP contribution in [0.4, 0.5) is 11.4 Å². The van der Waals surface area contributed by atoms with Crippen LogP contribution in [0.15, 0.2) is 16.8 Å². The molecule has 0 aliphatic carbocycles. The predicted molar refractivity (Wildman–Crippen MR) is 80.5 cm³/mol. The zero-order valence-corrected chi connectivity index (χ0v) is 12.6. The molecule has 9 heteroatoms. The maximum Gasteiger partial charge on any atom is 0.349 e. The Balaban J connectivity index is 2.11. The van der Waals surface area contributed by atoms with Gasteiger partial charge in [0, 0.05) is 6.54 Å². The molecule has 22 heavy (non-hydrogen) atoms. The minimum absolute atomic E-state index is 0.0420. The molecule has 0 bridgehead atoms. The Bertz CT molecular complexity index is 653. The van der Waals surface area contributed by atoms with Gasteiger partial charge in [0.15, 0.2) is 0 Å². The largest absolute Gasteiger partial charge is 0.379 e. The van der Waals surface area contributed by atoms with Crippen molar-refractivity contribution in [2.75, 3.05) is 31.5 Å². The third-order valence-electron chi connectivity index (χ3n) is 3.58. The van der Waals surface area contributed by atoms with Crippen LogP contribution >= 0.6 is 0 Å². The van der Waals surface area contributed by atoms with E-state index in [9.17, 15) is 15.3 Å². The Hall–Kier alpha value is -2.42. The van der Waals surface area contributed by atoms with Crippen molar-refractivity contribution in [1.82, 2.24) is 10.1 Å². The van der Waals surface area contributed by atoms with Gasteiger partial charge in [0.25, 0.3) is 0 Å². The van der Waals surface area contributed by atoms with E-state index in [1.807, 2.05) is 0 Å². The molecule has 120 valence electrons. The summed E-state index contributed by atoms with van der Waals surface area (Å²) in [5.41, 5.74) is 0.0961. The summed E-state index contributed by atoms with van der Waals surface area (Å²) in [7, 11) is 0. The van der Waals surface area contributed by atoms with E-state index in [-0.39, 0.29) is 21.6 Å². The molecule has 1 aromatic heterocycles. The molecule has 0 unspecified atom stereocenters. The monoisotopic (exact) mass is 309 g/mol. The van der Waals surface area contributed by atoms with Gasteiger partial charge in [0.1, 0.15) is 5.69 Å². The highest BCUT2D eigenvalue weighted by Gasteiger charge is 2.27. The molecule has 0 saturated heterocycles. The van der Waals surface area contributed by atoms with Crippen molar-refractivity contribution < 1.29 is 14.5 Å². The van der Waals surface area contributed by atoms with E-state index in [2.05, 4.69) is 33.8 Å². The molecule has 9 nitrogen and oxygen atoms in total. The number of anilines is 1. The van der Waals surface area contributed by atoms with Crippen molar-refractivity contribution in [3.05, 3.63) is 27.5 Å². The summed E-state index contributed by atoms with van der Waals surface area (Å²) in [5, 5.41) is 29.1. The quantitative estimate of drug-likeness (QED) is 0.340. The molecule has 0 saturated carbocycles. The van der Waals surface area contributed by atoms with Crippen LogP contribution in [-0.4, -0.2) is 41.2 Å². The topological polar surface area (TPSA) is 111 Å². The smallest absolute Gasteiger partial charge is 0.349 e. The number of hydrogen-bond acceptors (Lipinski definition) is 7. The molecular weight excluding hydrogens is 290 g/mol. The van der Waals surface area contributed by atoms with Crippen LogP contribution in [0.3, 0.4) is 0 Å². The zero-order chi connectivity index (χ0) is 16.1. The minimum Gasteiger partial charge on any atom is -0.379 e. The standard InChI is InChI=1S/C13H19N5O4/c1-3-16(4-2)9-5-8-14-10-6-7-11-12(13(10)17(19)20)15-22-18(11)21/h6-7,14H,3-5,8-9H2,1-2H3. The van der Waals surface area contributed by atoms with E-state index in [1.54, 1.807) is 0 Å². The van der Waals surface area contributed by atoms with Crippen LogP contribution in [0.25, 0.3) is 11.0 Å². The van der Waals surface area contributed by atoms with Crippen LogP contribution in [0.1, 0.15) is 20.3 Å². The molecular formula is C13H19N5O4. The van der Waals surface area contributed by atoms with E-state index in [0.717, 1.165) is 26.1 Å². The van der Waals surface area contributed by atoms with Crippen molar-refractivity contribution in [2.24, 2.45) is 0 Å². The summed E-state index contributed by atoms with van der Waals surface area (Å²) < 4.78 is 4.42. The average molecular weight is 309 g/mol. The normalized spacial score (nSPS) is 11.2. The average Bonchev–Trinajstić information content (AvgIpc) is 2.88. The van der Waals surface area contributed by atoms with Crippen molar-refractivity contribution in [2.45, 2.75) is 20.3 Å². The Labute approximate surface area is 127 Å². The molecule has 1 heterocycles. The lowest BCUT2D eigenvalue weighted by atomic mass is 10.2. The third-order valence-corrected chi connectivity index (χ3v) is 3.58. The highest BCUT2D eigenvalue weighted by Crippen LogP contribution is 2.30. The highest BCUT2D eigenvalue weighted by atomic mass is 16.8. The molecule has 0 aliphatic rings. The van der Waals surface area contributed by atoms with Gasteiger partial charge >= 0.3 is 11.2 Å². The minimum atomic E-state index is -0.558. The van der Waals surface area contributed by atoms with Crippen molar-refractivity contribution in [1.29, 1.82) is 0 Å². The summed E-state index contributed by atoms with van der Waals surface area (Å²) in [6.07, 6.45) is 0.858. The number of aromatic nitrogens is 2. The molecule has 2 rings (SSSR count). The van der Waals surface area contributed by atoms with Gasteiger partial charge in [-0.3, -0.25) is 14.7 Å². The van der Waals surface area contributed by atoms with Gasteiger partial charge in [0.05, 0.1) is 10.1 Å². The van der Waals surface area contributed by atoms with Crippen molar-refractivity contribution in [3.8, 4) is 0 Å². The van der Waals surface area contributed by atoms with Crippen LogP contribution in [0, 0.1) is 15.3 Å². The molecule has 0 amide bonds. The first-order valence-corrected chi connectivity index (χ1v) is 7.21. The fourth-order valence-corrected chi connectivity index (χ4v) is 2.32. The lowest BCUT2D eigenvalue weighted by molar-refractivity contribution is -0.782. The van der Waals surface area contributed by atoms with E-state index in [4.69, 9.17) is 0 Å². The van der Waals surface area contributed by atoms with E-state index < -0.39 is 4.92 Å². The number of rotatable bonds is 8. The molecule has 1 N–H and O–H groups in total. The van der Waals surface area contributed by atoms with Crippen molar-refractivity contribution in [3.63, 3.8) is 0 Å². The molecule has 0 spiro atoms. The number of benzene rings is 1.